The highest BCUT2D eigenvalue weighted by Crippen LogP contribution is 2.61. The van der Waals surface area contributed by atoms with Crippen LogP contribution < -0.4 is 0 Å². The Morgan fingerprint density at radius 1 is 0.944 bits per heavy atom. The van der Waals surface area contributed by atoms with Crippen molar-refractivity contribution in [3.63, 3.8) is 0 Å². The largest absolute Gasteiger partial charge is 0.375 e. The van der Waals surface area contributed by atoms with Crippen LogP contribution in [0.4, 0.5) is 0 Å². The first-order chi connectivity index (χ1) is 17.8. The van der Waals surface area contributed by atoms with Gasteiger partial charge >= 0.3 is 0 Å². The molecule has 1 amide bonds. The van der Waals surface area contributed by atoms with Crippen molar-refractivity contribution in [1.82, 2.24) is 9.88 Å². The summed E-state index contributed by atoms with van der Waals surface area (Å²) in [4.78, 5) is 19.8. The first-order valence-corrected chi connectivity index (χ1v) is 14.6. The Morgan fingerprint density at radius 2 is 1.64 bits per heavy atom. The van der Waals surface area contributed by atoms with Gasteiger partial charge in [0.05, 0.1) is 19.3 Å². The summed E-state index contributed by atoms with van der Waals surface area (Å²) in [6, 6.07) is 28.5. The molecule has 1 saturated heterocycles. The molecule has 184 valence electrons. The summed E-state index contributed by atoms with van der Waals surface area (Å²) in [5.74, 6) is 2.41. The van der Waals surface area contributed by atoms with E-state index < -0.39 is 0 Å². The molecule has 1 aromatic heterocycles. The molecule has 6 heteroatoms. The minimum atomic E-state index is 0.0107. The van der Waals surface area contributed by atoms with E-state index in [1.165, 1.54) is 28.1 Å². The molecule has 4 aromatic rings. The molecule has 1 fully saturated rings. The number of nitrogens with one attached hydrogen (secondary N) is 1. The lowest BCUT2D eigenvalue weighted by molar-refractivity contribution is 0.0489. The number of nitrogens with zero attached hydrogens (tertiary/aromatic N) is 1. The molecule has 1 aliphatic heterocycles. The number of carbonyl (C=O) groups is 1. The van der Waals surface area contributed by atoms with Crippen LogP contribution in [-0.4, -0.2) is 40.4 Å². The number of thioether (sulfide) groups is 2. The molecule has 6 rings (SSSR count). The molecular formula is C30H30N2O2S2. The Kier molecular flexibility index (Phi) is 6.83. The Morgan fingerprint density at radius 3 is 2.42 bits per heavy atom. The van der Waals surface area contributed by atoms with E-state index in [0.717, 1.165) is 29.5 Å². The second-order valence-electron chi connectivity index (χ2n) is 9.37. The van der Waals surface area contributed by atoms with Crippen molar-refractivity contribution < 1.29 is 9.53 Å². The number of H-pyrrole nitrogens is 1. The molecule has 1 unspecified atom stereocenters. The van der Waals surface area contributed by atoms with E-state index in [-0.39, 0.29) is 16.0 Å². The number of amides is 1. The average Bonchev–Trinajstić information content (AvgIpc) is 3.57. The maximum Gasteiger partial charge on any atom is 0.254 e. The lowest BCUT2D eigenvalue weighted by Crippen LogP contribution is -2.40. The van der Waals surface area contributed by atoms with Gasteiger partial charge in [0.1, 0.15) is 4.08 Å². The zero-order chi connectivity index (χ0) is 24.4. The van der Waals surface area contributed by atoms with Gasteiger partial charge in [-0.25, -0.2) is 0 Å². The second kappa shape index (κ2) is 10.4. The highest BCUT2D eigenvalue weighted by atomic mass is 32.2. The molecule has 4 nitrogen and oxygen atoms in total. The molecule has 36 heavy (non-hydrogen) atoms. The van der Waals surface area contributed by atoms with Gasteiger partial charge in [0.2, 0.25) is 0 Å². The number of benzene rings is 3. The van der Waals surface area contributed by atoms with Crippen molar-refractivity contribution in [2.45, 2.75) is 29.6 Å². The third-order valence-electron chi connectivity index (χ3n) is 7.21. The van der Waals surface area contributed by atoms with Crippen LogP contribution in [-0.2, 0) is 15.4 Å². The van der Waals surface area contributed by atoms with Gasteiger partial charge in [-0.3, -0.25) is 4.79 Å². The maximum atomic E-state index is 13.9. The molecule has 2 aliphatic rings. The van der Waals surface area contributed by atoms with Crippen molar-refractivity contribution >= 4 is 40.3 Å². The monoisotopic (exact) mass is 514 g/mol. The molecule has 3 aromatic carbocycles. The molecule has 0 saturated carbocycles. The number of aromatic nitrogens is 1. The zero-order valence-electron chi connectivity index (χ0n) is 20.2. The average molecular weight is 515 g/mol. The third-order valence-corrected chi connectivity index (χ3v) is 10.7. The summed E-state index contributed by atoms with van der Waals surface area (Å²) in [7, 11) is 0. The predicted octanol–water partition coefficient (Wildman–Crippen LogP) is 6.99. The van der Waals surface area contributed by atoms with Crippen molar-refractivity contribution in [2.24, 2.45) is 0 Å². The summed E-state index contributed by atoms with van der Waals surface area (Å²) in [5.41, 5.74) is 5.64. The Labute approximate surface area is 220 Å². The van der Waals surface area contributed by atoms with Gasteiger partial charge in [0.25, 0.3) is 5.91 Å². The van der Waals surface area contributed by atoms with E-state index in [4.69, 9.17) is 4.74 Å². The highest BCUT2D eigenvalue weighted by molar-refractivity contribution is 8.20. The maximum absolute atomic E-state index is 13.9. The van der Waals surface area contributed by atoms with Crippen molar-refractivity contribution in [3.8, 4) is 0 Å². The highest BCUT2D eigenvalue weighted by Gasteiger charge is 2.47. The number of hydrogen-bond donors (Lipinski definition) is 1. The van der Waals surface area contributed by atoms with Crippen molar-refractivity contribution in [1.29, 1.82) is 0 Å². The summed E-state index contributed by atoms with van der Waals surface area (Å²) in [6.45, 7) is 1.60. The second-order valence-corrected chi connectivity index (χ2v) is 12.4. The van der Waals surface area contributed by atoms with Gasteiger partial charge in [0, 0.05) is 45.8 Å². The Balaban J connectivity index is 1.34. The first kappa shape index (κ1) is 23.7. The summed E-state index contributed by atoms with van der Waals surface area (Å²) < 4.78 is 6.13. The number of hydrogen-bond acceptors (Lipinski definition) is 4. The Hall–Kier alpha value is -2.67. The lowest BCUT2D eigenvalue weighted by Gasteiger charge is -2.41. The van der Waals surface area contributed by atoms with Gasteiger partial charge in [-0.05, 0) is 36.6 Å². The fourth-order valence-corrected chi connectivity index (χ4v) is 8.83. The standard InChI is InChI=1S/C30H30N2O2S2/c33-29(23-11-5-2-6-12-23)32(17-18-34-21-22-9-3-1-4-10-22)26-15-16-30(35-19-20-36-30)28-27(26)24-13-7-8-14-25(24)31-28/h1-14,26,31H,15-21H2. The molecule has 1 aliphatic carbocycles. The van der Waals surface area contributed by atoms with Gasteiger partial charge in [-0.15, -0.1) is 23.5 Å². The molecule has 0 bridgehead atoms. The van der Waals surface area contributed by atoms with E-state index in [9.17, 15) is 4.79 Å². The van der Waals surface area contributed by atoms with Crippen LogP contribution in [0.15, 0.2) is 84.9 Å². The summed E-state index contributed by atoms with van der Waals surface area (Å²) in [6.07, 6.45) is 2.00. The van der Waals surface area contributed by atoms with Gasteiger partial charge < -0.3 is 14.6 Å². The van der Waals surface area contributed by atoms with Crippen LogP contribution >= 0.6 is 23.5 Å². The van der Waals surface area contributed by atoms with Gasteiger partial charge in [0.15, 0.2) is 0 Å². The summed E-state index contributed by atoms with van der Waals surface area (Å²) in [5, 5.41) is 1.24. The Bertz CT molecular complexity index is 1330. The molecule has 1 spiro atoms. The molecular weight excluding hydrogens is 484 g/mol. The van der Waals surface area contributed by atoms with E-state index in [0.29, 0.717) is 19.8 Å². The fraction of sp³-hybridized carbons (Fsp3) is 0.300. The van der Waals surface area contributed by atoms with E-state index >= 15 is 0 Å². The number of ether oxygens (including phenoxy) is 1. The zero-order valence-corrected chi connectivity index (χ0v) is 21.8. The van der Waals surface area contributed by atoms with Crippen LogP contribution in [0.2, 0.25) is 0 Å². The number of rotatable bonds is 7. The fourth-order valence-electron chi connectivity index (χ4n) is 5.53. The van der Waals surface area contributed by atoms with E-state index in [1.807, 2.05) is 48.5 Å². The SMILES string of the molecule is O=C(c1ccccc1)N(CCOCc1ccccc1)C1CCC2(SCCS2)c2[nH]c3ccccc3c21. The molecule has 1 N–H and O–H groups in total. The molecule has 0 radical (unpaired) electrons. The number of carbonyl (C=O) groups excluding carboxylic acids is 1. The minimum Gasteiger partial charge on any atom is -0.375 e. The van der Waals surface area contributed by atoms with Gasteiger partial charge in [-0.1, -0.05) is 66.7 Å². The van der Waals surface area contributed by atoms with Crippen LogP contribution in [0.3, 0.4) is 0 Å². The molecule has 2 heterocycles. The number of fused-ring (bicyclic) bond motifs is 4. The number of para-hydroxylation sites is 1. The topological polar surface area (TPSA) is 45.3 Å². The minimum absolute atomic E-state index is 0.0107. The van der Waals surface area contributed by atoms with Crippen LogP contribution in [0, 0.1) is 0 Å². The van der Waals surface area contributed by atoms with Gasteiger partial charge in [-0.2, -0.15) is 0 Å². The normalized spacial score (nSPS) is 18.4. The molecule has 1 atom stereocenters. The smallest absolute Gasteiger partial charge is 0.254 e. The van der Waals surface area contributed by atoms with E-state index in [2.05, 4.69) is 69.8 Å². The van der Waals surface area contributed by atoms with Crippen LogP contribution in [0.5, 0.6) is 0 Å². The van der Waals surface area contributed by atoms with Crippen LogP contribution in [0.25, 0.3) is 10.9 Å². The first-order valence-electron chi connectivity index (χ1n) is 12.6. The van der Waals surface area contributed by atoms with Crippen molar-refractivity contribution in [3.05, 3.63) is 107 Å². The predicted molar refractivity (Wildman–Crippen MR) is 150 cm³/mol. The summed E-state index contributed by atoms with van der Waals surface area (Å²) >= 11 is 4.13. The van der Waals surface area contributed by atoms with Crippen molar-refractivity contribution in [2.75, 3.05) is 24.7 Å². The number of aromatic amines is 1. The lowest BCUT2D eigenvalue weighted by atomic mass is 9.88. The van der Waals surface area contributed by atoms with Crippen LogP contribution in [0.1, 0.15) is 46.1 Å². The third kappa shape index (κ3) is 4.47. The van der Waals surface area contributed by atoms with E-state index in [1.54, 1.807) is 0 Å². The quantitative estimate of drug-likeness (QED) is 0.270.